The van der Waals surface area contributed by atoms with Crippen molar-refractivity contribution < 1.29 is 44.7 Å². The lowest BCUT2D eigenvalue weighted by Crippen LogP contribution is -2.53. The van der Waals surface area contributed by atoms with E-state index in [0.717, 1.165) is 12.1 Å². The number of carbonyl (C=O) groups excluding carboxylic acids is 1. The minimum atomic E-state index is -6.02. The summed E-state index contributed by atoms with van der Waals surface area (Å²) in [6.45, 7) is 0.156. The highest BCUT2D eigenvalue weighted by Crippen LogP contribution is 2.50. The lowest BCUT2D eigenvalue weighted by molar-refractivity contribution is -0.376. The second-order valence-corrected chi connectivity index (χ2v) is 9.04. The topological polar surface area (TPSA) is 108 Å². The van der Waals surface area contributed by atoms with Crippen LogP contribution in [0, 0.1) is 0 Å². The van der Waals surface area contributed by atoms with E-state index in [9.17, 15) is 44.7 Å². The van der Waals surface area contributed by atoms with Gasteiger partial charge in [0, 0.05) is 17.8 Å². The fourth-order valence-corrected chi connectivity index (χ4v) is 4.14. The summed E-state index contributed by atoms with van der Waals surface area (Å²) in [5, 5.41) is 14.6. The van der Waals surface area contributed by atoms with Crippen LogP contribution in [0.4, 0.5) is 32.0 Å². The van der Waals surface area contributed by atoms with Crippen molar-refractivity contribution >= 4 is 21.6 Å². The monoisotopic (exact) mass is 497 g/mol. The minimum Gasteiger partial charge on any atom is -0.369 e. The van der Waals surface area contributed by atoms with Crippen molar-refractivity contribution in [3.8, 4) is 0 Å². The SMILES string of the molecule is CNS(=O)(=O)c1ccc2c(c1)CNC2C(=O)Nc1ccc(C(O)(C(F)(F)F)C(F)(F)F)cc1. The lowest BCUT2D eigenvalue weighted by Gasteiger charge is -2.32. The predicted octanol–water partition coefficient (Wildman–Crippen LogP) is 2.69. The standard InChI is InChI=1S/C19H17F6N3O4S/c1-26-33(31,32)13-6-7-14-10(8-13)9-27-15(14)16(29)28-12-4-2-11(3-5-12)17(30,18(20,21)22)19(23,24)25/h2-8,15,26-27,30H,9H2,1H3,(H,28,29). The van der Waals surface area contributed by atoms with E-state index >= 15 is 0 Å². The Labute approximate surface area is 183 Å². The Morgan fingerprint density at radius 1 is 1.03 bits per heavy atom. The zero-order valence-corrected chi connectivity index (χ0v) is 17.5. The highest BCUT2D eigenvalue weighted by Gasteiger charge is 2.71. The number of fused-ring (bicyclic) bond motifs is 1. The van der Waals surface area contributed by atoms with Gasteiger partial charge in [-0.15, -0.1) is 0 Å². The number of sulfonamides is 1. The molecule has 1 unspecified atom stereocenters. The number of alkyl halides is 6. The predicted molar refractivity (Wildman–Crippen MR) is 103 cm³/mol. The average molecular weight is 497 g/mol. The Kier molecular flexibility index (Phi) is 6.25. The fourth-order valence-electron chi connectivity index (χ4n) is 3.35. The summed E-state index contributed by atoms with van der Waals surface area (Å²) in [7, 11) is -2.46. The molecule has 2 aromatic rings. The van der Waals surface area contributed by atoms with Crippen molar-refractivity contribution in [1.29, 1.82) is 0 Å². The average Bonchev–Trinajstić information content (AvgIpc) is 3.15. The maximum Gasteiger partial charge on any atom is 0.430 e. The van der Waals surface area contributed by atoms with Crippen LogP contribution in [-0.4, -0.2) is 38.8 Å². The first-order valence-corrected chi connectivity index (χ1v) is 10.7. The molecule has 2 aromatic carbocycles. The number of carbonyl (C=O) groups is 1. The summed E-state index contributed by atoms with van der Waals surface area (Å²) in [6, 6.07) is 5.60. The maximum atomic E-state index is 13.0. The number of hydrogen-bond donors (Lipinski definition) is 4. The summed E-state index contributed by atoms with van der Waals surface area (Å²) in [4.78, 5) is 12.6. The molecule has 0 aliphatic carbocycles. The van der Waals surface area contributed by atoms with Gasteiger partial charge in [-0.2, -0.15) is 26.3 Å². The van der Waals surface area contributed by atoms with Gasteiger partial charge < -0.3 is 10.4 Å². The van der Waals surface area contributed by atoms with E-state index in [-0.39, 0.29) is 17.1 Å². The van der Waals surface area contributed by atoms with Crippen LogP contribution in [-0.2, 0) is 27.0 Å². The second-order valence-electron chi connectivity index (χ2n) is 7.15. The normalized spacial score (nSPS) is 17.0. The number of hydrogen-bond acceptors (Lipinski definition) is 5. The van der Waals surface area contributed by atoms with Crippen molar-refractivity contribution in [2.45, 2.75) is 35.4 Å². The minimum absolute atomic E-state index is 0.0102. The van der Waals surface area contributed by atoms with Gasteiger partial charge in [-0.1, -0.05) is 18.2 Å². The van der Waals surface area contributed by atoms with Crippen LogP contribution in [0.2, 0.25) is 0 Å². The molecule has 7 nitrogen and oxygen atoms in total. The number of nitrogens with one attached hydrogen (secondary N) is 3. The van der Waals surface area contributed by atoms with Crippen molar-refractivity contribution in [1.82, 2.24) is 10.0 Å². The number of aliphatic hydroxyl groups is 1. The molecular formula is C19H17F6N3O4S. The van der Waals surface area contributed by atoms with Gasteiger partial charge in [-0.25, -0.2) is 13.1 Å². The molecule has 4 N–H and O–H groups in total. The van der Waals surface area contributed by atoms with Gasteiger partial charge in [0.05, 0.1) is 4.90 Å². The Hall–Kier alpha value is -2.68. The van der Waals surface area contributed by atoms with Crippen molar-refractivity contribution in [2.75, 3.05) is 12.4 Å². The highest BCUT2D eigenvalue weighted by atomic mass is 32.2. The molecule has 1 heterocycles. The molecule has 1 aliphatic heterocycles. The van der Waals surface area contributed by atoms with Gasteiger partial charge in [-0.05, 0) is 42.4 Å². The molecule has 1 amide bonds. The van der Waals surface area contributed by atoms with E-state index in [4.69, 9.17) is 0 Å². The third-order valence-corrected chi connectivity index (χ3v) is 6.57. The molecule has 0 aromatic heterocycles. The zero-order chi connectivity index (χ0) is 24.8. The molecular weight excluding hydrogens is 480 g/mol. The molecule has 0 radical (unpaired) electrons. The van der Waals surface area contributed by atoms with Crippen LogP contribution in [0.25, 0.3) is 0 Å². The highest BCUT2D eigenvalue weighted by molar-refractivity contribution is 7.89. The Morgan fingerprint density at radius 3 is 2.12 bits per heavy atom. The van der Waals surface area contributed by atoms with Gasteiger partial charge in [0.2, 0.25) is 15.9 Å². The van der Waals surface area contributed by atoms with Crippen LogP contribution < -0.4 is 15.4 Å². The number of halogens is 6. The van der Waals surface area contributed by atoms with E-state index in [1.54, 1.807) is 0 Å². The summed E-state index contributed by atoms with van der Waals surface area (Å²) >= 11 is 0. The summed E-state index contributed by atoms with van der Waals surface area (Å²) in [6.07, 6.45) is -12.0. The second kappa shape index (κ2) is 8.27. The quantitative estimate of drug-likeness (QED) is 0.476. The van der Waals surface area contributed by atoms with Crippen LogP contribution in [0.3, 0.4) is 0 Å². The summed E-state index contributed by atoms with van der Waals surface area (Å²) in [5.74, 6) is -0.673. The summed E-state index contributed by atoms with van der Waals surface area (Å²) in [5.41, 5.74) is -5.65. The molecule has 1 atom stereocenters. The van der Waals surface area contributed by atoms with Gasteiger partial charge >= 0.3 is 12.4 Å². The third-order valence-electron chi connectivity index (χ3n) is 5.15. The third kappa shape index (κ3) is 4.43. The molecule has 33 heavy (non-hydrogen) atoms. The molecule has 0 saturated carbocycles. The van der Waals surface area contributed by atoms with Crippen molar-refractivity contribution in [2.24, 2.45) is 0 Å². The largest absolute Gasteiger partial charge is 0.430 e. The molecule has 0 spiro atoms. The Balaban J connectivity index is 1.81. The van der Waals surface area contributed by atoms with Gasteiger partial charge in [0.25, 0.3) is 5.60 Å². The van der Waals surface area contributed by atoms with E-state index in [1.807, 2.05) is 0 Å². The van der Waals surface area contributed by atoms with Gasteiger partial charge in [0.15, 0.2) is 0 Å². The molecule has 3 rings (SSSR count). The number of rotatable bonds is 5. The fraction of sp³-hybridized carbons (Fsp3) is 0.316. The first kappa shape index (κ1) is 25.0. The lowest BCUT2D eigenvalue weighted by atomic mass is 9.92. The number of amides is 1. The van der Waals surface area contributed by atoms with Gasteiger partial charge in [0.1, 0.15) is 6.04 Å². The summed E-state index contributed by atoms with van der Waals surface area (Å²) < 4.78 is 104. The molecule has 14 heteroatoms. The van der Waals surface area contributed by atoms with Crippen LogP contribution in [0.15, 0.2) is 47.4 Å². The number of benzene rings is 2. The Morgan fingerprint density at radius 2 is 1.61 bits per heavy atom. The van der Waals surface area contributed by atoms with Gasteiger partial charge in [-0.3, -0.25) is 10.1 Å². The van der Waals surface area contributed by atoms with E-state index in [1.165, 1.54) is 25.2 Å². The first-order chi connectivity index (χ1) is 15.1. The molecule has 0 saturated heterocycles. The van der Waals surface area contributed by atoms with Crippen LogP contribution in [0.1, 0.15) is 22.7 Å². The number of anilines is 1. The zero-order valence-electron chi connectivity index (χ0n) is 16.7. The molecule has 180 valence electrons. The van der Waals surface area contributed by atoms with E-state index < -0.39 is 45.5 Å². The van der Waals surface area contributed by atoms with Crippen LogP contribution >= 0.6 is 0 Å². The maximum absolute atomic E-state index is 13.0. The van der Waals surface area contributed by atoms with Crippen molar-refractivity contribution in [3.05, 3.63) is 59.2 Å². The van der Waals surface area contributed by atoms with E-state index in [2.05, 4.69) is 15.4 Å². The van der Waals surface area contributed by atoms with Crippen molar-refractivity contribution in [3.63, 3.8) is 0 Å². The first-order valence-electron chi connectivity index (χ1n) is 9.19. The van der Waals surface area contributed by atoms with E-state index in [0.29, 0.717) is 23.3 Å². The Bertz CT molecular complexity index is 1150. The molecule has 1 aliphatic rings. The van der Waals surface area contributed by atoms with Crippen LogP contribution in [0.5, 0.6) is 0 Å². The molecule has 0 fully saturated rings. The molecule has 0 bridgehead atoms. The smallest absolute Gasteiger partial charge is 0.369 e.